The maximum atomic E-state index is 12.5. The van der Waals surface area contributed by atoms with Gasteiger partial charge in [-0.15, -0.1) is 0 Å². The van der Waals surface area contributed by atoms with Crippen LogP contribution in [0, 0.1) is 11.2 Å². The number of nitrogens with zero attached hydrogens (tertiary/aromatic N) is 2. The van der Waals surface area contributed by atoms with Crippen LogP contribution < -0.4 is 0 Å². The molecule has 1 aromatic rings. The van der Waals surface area contributed by atoms with E-state index in [1.165, 1.54) is 18.2 Å². The van der Waals surface area contributed by atoms with Crippen molar-refractivity contribution in [2.75, 3.05) is 0 Å². The summed E-state index contributed by atoms with van der Waals surface area (Å²) in [5.41, 5.74) is 0.327. The lowest BCUT2D eigenvalue weighted by atomic mass is 10.3. The maximum absolute atomic E-state index is 12.5. The van der Waals surface area contributed by atoms with Crippen molar-refractivity contribution < 1.29 is 4.39 Å². The Labute approximate surface area is 65.4 Å². The molecule has 2 nitrogen and oxygen atoms in total. The first-order valence-electron chi connectivity index (χ1n) is 2.54. The van der Waals surface area contributed by atoms with Crippen LogP contribution in [0.2, 0.25) is 0 Å². The van der Waals surface area contributed by atoms with Crippen molar-refractivity contribution in [1.29, 1.82) is 5.39 Å². The van der Waals surface area contributed by atoms with Gasteiger partial charge in [0, 0.05) is 6.07 Å². The van der Waals surface area contributed by atoms with Gasteiger partial charge >= 0.3 is 5.69 Å². The fourth-order valence-electron chi connectivity index (χ4n) is 0.547. The lowest BCUT2D eigenvalue weighted by molar-refractivity contribution is 0.621. The number of benzene rings is 1. The van der Waals surface area contributed by atoms with E-state index < -0.39 is 0 Å². The fourth-order valence-corrected chi connectivity index (χ4v) is 0.914. The van der Waals surface area contributed by atoms with Gasteiger partial charge in [0.2, 0.25) is 5.39 Å². The van der Waals surface area contributed by atoms with Crippen LogP contribution in [0.1, 0.15) is 0 Å². The Hall–Kier alpha value is -0.950. The highest BCUT2D eigenvalue weighted by atomic mass is 79.9. The van der Waals surface area contributed by atoms with Crippen molar-refractivity contribution in [2.45, 2.75) is 0 Å². The van der Waals surface area contributed by atoms with Crippen molar-refractivity contribution >= 4 is 21.6 Å². The molecule has 0 aromatic heterocycles. The largest absolute Gasteiger partial charge is 0.386 e. The van der Waals surface area contributed by atoms with Gasteiger partial charge in [0.15, 0.2) is 4.98 Å². The summed E-state index contributed by atoms with van der Waals surface area (Å²) in [5, 5.41) is 8.23. The summed E-state index contributed by atoms with van der Waals surface area (Å²) >= 11 is 2.94. The molecule has 1 aromatic carbocycles. The van der Waals surface area contributed by atoms with E-state index in [4.69, 9.17) is 5.39 Å². The molecule has 0 fully saturated rings. The molecule has 0 aliphatic rings. The summed E-state index contributed by atoms with van der Waals surface area (Å²) in [6.45, 7) is 0. The summed E-state index contributed by atoms with van der Waals surface area (Å²) in [6.07, 6.45) is 0. The van der Waals surface area contributed by atoms with Gasteiger partial charge in [0.1, 0.15) is 5.82 Å². The van der Waals surface area contributed by atoms with Crippen molar-refractivity contribution in [1.82, 2.24) is 0 Å². The first-order valence-corrected chi connectivity index (χ1v) is 3.33. The van der Waals surface area contributed by atoms with Crippen LogP contribution in [0.15, 0.2) is 22.7 Å². The van der Waals surface area contributed by atoms with Crippen molar-refractivity contribution in [3.8, 4) is 0 Å². The van der Waals surface area contributed by atoms with E-state index in [2.05, 4.69) is 20.9 Å². The molecule has 0 unspecified atom stereocenters. The van der Waals surface area contributed by atoms with Gasteiger partial charge in [-0.05, 0) is 22.0 Å². The van der Waals surface area contributed by atoms with Gasteiger partial charge in [-0.3, -0.25) is 0 Å². The smallest absolute Gasteiger partial charge is 0.206 e. The second-order valence-corrected chi connectivity index (χ2v) is 2.55. The molecule has 0 N–H and O–H groups in total. The van der Waals surface area contributed by atoms with Gasteiger partial charge in [-0.25, -0.2) is 4.39 Å². The average molecular weight is 202 g/mol. The highest BCUT2D eigenvalue weighted by molar-refractivity contribution is 9.10. The SMILES string of the molecule is N#[N+]c1ccc(F)c(Br)c1. The molecular formula is C6H3BrFN2+. The van der Waals surface area contributed by atoms with E-state index in [9.17, 15) is 4.39 Å². The number of hydrogen-bond donors (Lipinski definition) is 0. The lowest BCUT2D eigenvalue weighted by Gasteiger charge is -1.85. The topological polar surface area (TPSA) is 28.1 Å². The fraction of sp³-hybridized carbons (Fsp3) is 0. The zero-order valence-electron chi connectivity index (χ0n) is 4.88. The molecule has 0 radical (unpaired) electrons. The second kappa shape index (κ2) is 2.76. The van der Waals surface area contributed by atoms with Crippen LogP contribution in [0.5, 0.6) is 0 Å². The molecule has 0 heterocycles. The highest BCUT2D eigenvalue weighted by Crippen LogP contribution is 2.21. The molecule has 0 saturated carbocycles. The second-order valence-electron chi connectivity index (χ2n) is 1.70. The molecule has 0 aliphatic carbocycles. The standard InChI is InChI=1S/C6H3BrFN2/c7-5-3-4(10-9)1-2-6(5)8/h1-3H/q+1. The monoisotopic (exact) mass is 201 g/mol. The van der Waals surface area contributed by atoms with Gasteiger partial charge < -0.3 is 0 Å². The average Bonchev–Trinajstić information content (AvgIpc) is 1.95. The van der Waals surface area contributed by atoms with E-state index in [0.29, 0.717) is 10.2 Å². The van der Waals surface area contributed by atoms with E-state index in [1.54, 1.807) is 0 Å². The minimum absolute atomic E-state index is 0.294. The third-order valence-electron chi connectivity index (χ3n) is 1.02. The number of halogens is 2. The van der Waals surface area contributed by atoms with Crippen molar-refractivity contribution in [2.24, 2.45) is 0 Å². The van der Waals surface area contributed by atoms with Crippen LogP contribution in [0.4, 0.5) is 10.1 Å². The molecule has 0 saturated heterocycles. The highest BCUT2D eigenvalue weighted by Gasteiger charge is 2.06. The first kappa shape index (κ1) is 7.16. The van der Waals surface area contributed by atoms with E-state index in [0.717, 1.165) is 0 Å². The molecule has 0 atom stereocenters. The van der Waals surface area contributed by atoms with Crippen molar-refractivity contribution in [3.05, 3.63) is 33.5 Å². The molecule has 1 rings (SSSR count). The first-order chi connectivity index (χ1) is 4.74. The Balaban J connectivity index is 3.20. The summed E-state index contributed by atoms with van der Waals surface area (Å²) in [4.78, 5) is 2.88. The van der Waals surface area contributed by atoms with E-state index in [1.807, 2.05) is 0 Å². The minimum atomic E-state index is -0.368. The normalized spacial score (nSPS) is 8.90. The summed E-state index contributed by atoms with van der Waals surface area (Å²) in [5.74, 6) is -0.368. The Morgan fingerprint density at radius 2 is 2.20 bits per heavy atom. The molecule has 4 heteroatoms. The lowest BCUT2D eigenvalue weighted by Crippen LogP contribution is -1.72. The van der Waals surface area contributed by atoms with Gasteiger partial charge in [0.25, 0.3) is 0 Å². The van der Waals surface area contributed by atoms with Gasteiger partial charge in [0.05, 0.1) is 10.5 Å². The molecule has 10 heavy (non-hydrogen) atoms. The Morgan fingerprint density at radius 3 is 2.70 bits per heavy atom. The number of diazo groups is 1. The predicted octanol–water partition coefficient (Wildman–Crippen LogP) is 3.07. The molecule has 0 aliphatic heterocycles. The zero-order chi connectivity index (χ0) is 7.56. The summed E-state index contributed by atoms with van der Waals surface area (Å²) < 4.78 is 12.8. The molecule has 0 bridgehead atoms. The summed E-state index contributed by atoms with van der Waals surface area (Å²) in [6, 6.07) is 3.98. The Kier molecular flexibility index (Phi) is 1.97. The van der Waals surface area contributed by atoms with Crippen LogP contribution in [0.25, 0.3) is 4.98 Å². The van der Waals surface area contributed by atoms with Crippen LogP contribution >= 0.6 is 15.9 Å². The predicted molar refractivity (Wildman–Crippen MR) is 38.8 cm³/mol. The number of hydrogen-bond acceptors (Lipinski definition) is 1. The molecule has 0 amide bonds. The van der Waals surface area contributed by atoms with Crippen LogP contribution in [-0.4, -0.2) is 0 Å². The van der Waals surface area contributed by atoms with Crippen molar-refractivity contribution in [3.63, 3.8) is 0 Å². The quantitative estimate of drug-likeness (QED) is 0.594. The van der Waals surface area contributed by atoms with E-state index in [-0.39, 0.29) is 5.82 Å². The van der Waals surface area contributed by atoms with Gasteiger partial charge in [-0.1, -0.05) is 0 Å². The molecule has 0 spiro atoms. The maximum Gasteiger partial charge on any atom is 0.386 e. The third kappa shape index (κ3) is 1.31. The zero-order valence-corrected chi connectivity index (χ0v) is 6.47. The molecule has 50 valence electrons. The summed E-state index contributed by atoms with van der Waals surface area (Å²) in [7, 11) is 0. The number of rotatable bonds is 0. The van der Waals surface area contributed by atoms with E-state index >= 15 is 0 Å². The Morgan fingerprint density at radius 1 is 1.50 bits per heavy atom. The van der Waals surface area contributed by atoms with Crippen LogP contribution in [-0.2, 0) is 0 Å². The molecular weight excluding hydrogens is 199 g/mol. The Bertz CT molecular complexity index is 292. The third-order valence-corrected chi connectivity index (χ3v) is 1.63. The van der Waals surface area contributed by atoms with Crippen LogP contribution in [0.3, 0.4) is 0 Å². The van der Waals surface area contributed by atoms with Gasteiger partial charge in [-0.2, -0.15) is 0 Å². The minimum Gasteiger partial charge on any atom is -0.206 e.